The Morgan fingerprint density at radius 3 is 2.44 bits per heavy atom. The van der Waals surface area contributed by atoms with E-state index in [0.717, 1.165) is 0 Å². The zero-order valence-electron chi connectivity index (χ0n) is 11.1. The Hall–Kier alpha value is -1.42. The Labute approximate surface area is 107 Å². The first-order valence-corrected chi connectivity index (χ1v) is 5.90. The highest BCUT2D eigenvalue weighted by molar-refractivity contribution is 5.73. The summed E-state index contributed by atoms with van der Waals surface area (Å²) in [5.41, 5.74) is 0.969. The van der Waals surface area contributed by atoms with Crippen LogP contribution < -0.4 is 0 Å². The number of esters is 1. The second kappa shape index (κ2) is 5.96. The molecule has 0 saturated heterocycles. The van der Waals surface area contributed by atoms with Crippen molar-refractivity contribution in [2.75, 3.05) is 7.11 Å². The van der Waals surface area contributed by atoms with Crippen molar-refractivity contribution in [3.8, 4) is 0 Å². The van der Waals surface area contributed by atoms with E-state index in [4.69, 9.17) is 4.74 Å². The topological polar surface area (TPSA) is 46.5 Å². The average molecular weight is 254 g/mol. The molecular formula is C14H19FO3. The Kier molecular flexibility index (Phi) is 4.84. The summed E-state index contributed by atoms with van der Waals surface area (Å²) >= 11 is 0. The van der Waals surface area contributed by atoms with Crippen molar-refractivity contribution < 1.29 is 19.0 Å². The lowest BCUT2D eigenvalue weighted by molar-refractivity contribution is -0.152. The van der Waals surface area contributed by atoms with Crippen LogP contribution in [0.3, 0.4) is 0 Å². The van der Waals surface area contributed by atoms with Crippen molar-refractivity contribution in [2.24, 2.45) is 11.8 Å². The zero-order valence-corrected chi connectivity index (χ0v) is 11.1. The van der Waals surface area contributed by atoms with Gasteiger partial charge in [0.2, 0.25) is 0 Å². The van der Waals surface area contributed by atoms with Crippen molar-refractivity contribution in [3.05, 3.63) is 35.1 Å². The maximum Gasteiger partial charge on any atom is 0.311 e. The number of carbonyl (C=O) groups excluding carboxylic acids is 1. The number of rotatable bonds is 4. The molecule has 100 valence electrons. The van der Waals surface area contributed by atoms with Gasteiger partial charge in [0.05, 0.1) is 19.1 Å². The van der Waals surface area contributed by atoms with E-state index in [9.17, 15) is 14.3 Å². The maximum atomic E-state index is 13.2. The molecule has 0 aromatic heterocycles. The number of aryl methyl sites for hydroxylation is 1. The molecule has 1 rings (SSSR count). The summed E-state index contributed by atoms with van der Waals surface area (Å²) in [7, 11) is 1.29. The predicted octanol–water partition coefficient (Wildman–Crippen LogP) is 2.61. The molecule has 18 heavy (non-hydrogen) atoms. The molecule has 0 radical (unpaired) electrons. The maximum absolute atomic E-state index is 13.2. The minimum Gasteiger partial charge on any atom is -0.469 e. The van der Waals surface area contributed by atoms with Crippen molar-refractivity contribution in [2.45, 2.75) is 26.9 Å². The standard InChI is InChI=1S/C14H19FO3/c1-8(2)12(14(17)18-4)13(16)10-5-6-11(15)9(3)7-10/h5-8,12-13,16H,1-4H3. The van der Waals surface area contributed by atoms with E-state index >= 15 is 0 Å². The number of ether oxygens (including phenoxy) is 1. The van der Waals surface area contributed by atoms with Crippen LogP contribution in [0.4, 0.5) is 4.39 Å². The van der Waals surface area contributed by atoms with Gasteiger partial charge in [0, 0.05) is 0 Å². The van der Waals surface area contributed by atoms with Crippen molar-refractivity contribution in [3.63, 3.8) is 0 Å². The smallest absolute Gasteiger partial charge is 0.311 e. The number of aliphatic hydroxyl groups is 1. The quantitative estimate of drug-likeness (QED) is 0.840. The molecule has 4 heteroatoms. The molecule has 0 amide bonds. The molecule has 0 heterocycles. The van der Waals surface area contributed by atoms with Crippen molar-refractivity contribution in [1.29, 1.82) is 0 Å². The van der Waals surface area contributed by atoms with Crippen LogP contribution in [0.25, 0.3) is 0 Å². The molecule has 0 saturated carbocycles. The van der Waals surface area contributed by atoms with Crippen molar-refractivity contribution in [1.82, 2.24) is 0 Å². The van der Waals surface area contributed by atoms with E-state index in [-0.39, 0.29) is 11.7 Å². The molecule has 3 nitrogen and oxygen atoms in total. The lowest BCUT2D eigenvalue weighted by atomic mass is 9.86. The lowest BCUT2D eigenvalue weighted by Crippen LogP contribution is -2.28. The Morgan fingerprint density at radius 1 is 1.39 bits per heavy atom. The molecule has 1 N–H and O–H groups in total. The van der Waals surface area contributed by atoms with Gasteiger partial charge in [-0.15, -0.1) is 0 Å². The number of halogens is 1. The van der Waals surface area contributed by atoms with E-state index < -0.39 is 18.0 Å². The number of benzene rings is 1. The van der Waals surface area contributed by atoms with Gasteiger partial charge < -0.3 is 9.84 Å². The fourth-order valence-corrected chi connectivity index (χ4v) is 1.96. The third-order valence-corrected chi connectivity index (χ3v) is 3.06. The van der Waals surface area contributed by atoms with Crippen LogP contribution in [-0.4, -0.2) is 18.2 Å². The third-order valence-electron chi connectivity index (χ3n) is 3.06. The van der Waals surface area contributed by atoms with Crippen LogP contribution in [0, 0.1) is 24.6 Å². The first-order chi connectivity index (χ1) is 8.38. The summed E-state index contributed by atoms with van der Waals surface area (Å²) in [6.45, 7) is 5.29. The molecule has 0 bridgehead atoms. The first kappa shape index (κ1) is 14.6. The number of hydrogen-bond donors (Lipinski definition) is 1. The average Bonchev–Trinajstić information content (AvgIpc) is 2.32. The molecule has 0 spiro atoms. The number of carbonyl (C=O) groups is 1. The molecule has 2 atom stereocenters. The zero-order chi connectivity index (χ0) is 13.9. The van der Waals surface area contributed by atoms with Crippen LogP contribution in [-0.2, 0) is 9.53 Å². The van der Waals surface area contributed by atoms with E-state index in [0.29, 0.717) is 11.1 Å². The van der Waals surface area contributed by atoms with E-state index in [2.05, 4.69) is 0 Å². The number of hydrogen-bond acceptors (Lipinski definition) is 3. The van der Waals surface area contributed by atoms with Gasteiger partial charge in [-0.25, -0.2) is 4.39 Å². The van der Waals surface area contributed by atoms with E-state index in [1.165, 1.54) is 19.2 Å². The monoisotopic (exact) mass is 254 g/mol. The molecule has 1 aromatic rings. The highest BCUT2D eigenvalue weighted by Gasteiger charge is 2.31. The van der Waals surface area contributed by atoms with Crippen molar-refractivity contribution >= 4 is 5.97 Å². The second-order valence-electron chi connectivity index (χ2n) is 4.75. The van der Waals surface area contributed by atoms with Crippen LogP contribution in [0.1, 0.15) is 31.1 Å². The Bertz CT molecular complexity index is 429. The van der Waals surface area contributed by atoms with E-state index in [1.54, 1.807) is 13.0 Å². The Balaban J connectivity index is 3.05. The third kappa shape index (κ3) is 3.07. The van der Waals surface area contributed by atoms with Gasteiger partial charge in [-0.3, -0.25) is 4.79 Å². The highest BCUT2D eigenvalue weighted by atomic mass is 19.1. The van der Waals surface area contributed by atoms with E-state index in [1.807, 2.05) is 13.8 Å². The number of aliphatic hydroxyl groups excluding tert-OH is 1. The van der Waals surface area contributed by atoms with Crippen LogP contribution in [0.5, 0.6) is 0 Å². The van der Waals surface area contributed by atoms with Gasteiger partial charge in [0.1, 0.15) is 5.82 Å². The van der Waals surface area contributed by atoms with Crippen LogP contribution >= 0.6 is 0 Å². The molecule has 0 aliphatic heterocycles. The van der Waals surface area contributed by atoms with Crippen LogP contribution in [0.2, 0.25) is 0 Å². The summed E-state index contributed by atoms with van der Waals surface area (Å²) in [4.78, 5) is 11.7. The molecule has 0 aliphatic rings. The van der Waals surface area contributed by atoms with Gasteiger partial charge >= 0.3 is 5.97 Å². The minimum absolute atomic E-state index is 0.0715. The highest BCUT2D eigenvalue weighted by Crippen LogP contribution is 2.30. The fourth-order valence-electron chi connectivity index (χ4n) is 1.96. The summed E-state index contributed by atoms with van der Waals surface area (Å²) in [5, 5.41) is 10.2. The SMILES string of the molecule is COC(=O)C(C(C)C)C(O)c1ccc(F)c(C)c1. The molecule has 1 aromatic carbocycles. The normalized spacial score (nSPS) is 14.4. The second-order valence-corrected chi connectivity index (χ2v) is 4.75. The predicted molar refractivity (Wildman–Crippen MR) is 66.4 cm³/mol. The molecule has 2 unspecified atom stereocenters. The largest absolute Gasteiger partial charge is 0.469 e. The van der Waals surface area contributed by atoms with Gasteiger partial charge in [0.15, 0.2) is 0 Å². The summed E-state index contributed by atoms with van der Waals surface area (Å²) in [6.07, 6.45) is -0.989. The molecule has 0 fully saturated rings. The number of methoxy groups -OCH3 is 1. The molecule has 0 aliphatic carbocycles. The van der Waals surface area contributed by atoms with Gasteiger partial charge in [-0.2, -0.15) is 0 Å². The minimum atomic E-state index is -0.989. The lowest BCUT2D eigenvalue weighted by Gasteiger charge is -2.24. The van der Waals surface area contributed by atoms with Gasteiger partial charge in [-0.05, 0) is 30.0 Å². The summed E-state index contributed by atoms with van der Waals surface area (Å²) < 4.78 is 17.9. The van der Waals surface area contributed by atoms with Gasteiger partial charge in [-0.1, -0.05) is 26.0 Å². The first-order valence-electron chi connectivity index (χ1n) is 5.90. The van der Waals surface area contributed by atoms with Gasteiger partial charge in [0.25, 0.3) is 0 Å². The molecular weight excluding hydrogens is 235 g/mol. The summed E-state index contributed by atoms with van der Waals surface area (Å²) in [5.74, 6) is -1.51. The van der Waals surface area contributed by atoms with Crippen LogP contribution in [0.15, 0.2) is 18.2 Å². The Morgan fingerprint density at radius 2 is 2.00 bits per heavy atom. The fraction of sp³-hybridized carbons (Fsp3) is 0.500. The summed E-state index contributed by atoms with van der Waals surface area (Å²) in [6, 6.07) is 4.34.